The van der Waals surface area contributed by atoms with Crippen LogP contribution in [0.2, 0.25) is 0 Å². The number of rotatable bonds is 4. The van der Waals surface area contributed by atoms with Gasteiger partial charge < -0.3 is 10.1 Å². The molecule has 1 amide bonds. The Bertz CT molecular complexity index is 648. The van der Waals surface area contributed by atoms with E-state index in [9.17, 15) is 9.59 Å². The van der Waals surface area contributed by atoms with Crippen LogP contribution in [0, 0.1) is 6.92 Å². The van der Waals surface area contributed by atoms with E-state index >= 15 is 0 Å². The Morgan fingerprint density at radius 2 is 2.15 bits per heavy atom. The predicted octanol–water partition coefficient (Wildman–Crippen LogP) is 2.71. The SMILES string of the molecule is CCOC(=O)c1nc(-c2sc(NC(C)=O)nc2C)cs1. The summed E-state index contributed by atoms with van der Waals surface area (Å²) >= 11 is 2.56. The molecular weight excluding hydrogens is 298 g/mol. The Balaban J connectivity index is 2.26. The number of nitrogens with zero attached hydrogens (tertiary/aromatic N) is 2. The number of carbonyl (C=O) groups excluding carboxylic acids is 2. The van der Waals surface area contributed by atoms with Crippen molar-refractivity contribution >= 4 is 39.7 Å². The molecule has 6 nitrogen and oxygen atoms in total. The van der Waals surface area contributed by atoms with Gasteiger partial charge in [-0.25, -0.2) is 14.8 Å². The van der Waals surface area contributed by atoms with E-state index in [1.54, 1.807) is 12.3 Å². The quantitative estimate of drug-likeness (QED) is 0.878. The fourth-order valence-corrected chi connectivity index (χ4v) is 3.25. The molecule has 0 aromatic carbocycles. The maximum absolute atomic E-state index is 11.6. The zero-order chi connectivity index (χ0) is 14.7. The second-order valence-electron chi connectivity index (χ2n) is 3.87. The minimum absolute atomic E-state index is 0.171. The number of aryl methyl sites for hydroxylation is 1. The number of thiazole rings is 2. The molecule has 0 fully saturated rings. The van der Waals surface area contributed by atoms with E-state index in [1.165, 1.54) is 29.6 Å². The number of esters is 1. The van der Waals surface area contributed by atoms with E-state index in [2.05, 4.69) is 15.3 Å². The average Bonchev–Trinajstić information content (AvgIpc) is 2.95. The Kier molecular flexibility index (Phi) is 4.46. The fourth-order valence-electron chi connectivity index (χ4n) is 1.50. The van der Waals surface area contributed by atoms with Crippen molar-refractivity contribution < 1.29 is 14.3 Å². The highest BCUT2D eigenvalue weighted by molar-refractivity contribution is 7.19. The van der Waals surface area contributed by atoms with Gasteiger partial charge in [0, 0.05) is 12.3 Å². The number of anilines is 1. The molecule has 2 aromatic heterocycles. The number of hydrogen-bond acceptors (Lipinski definition) is 7. The first-order valence-electron chi connectivity index (χ1n) is 5.89. The Hall–Kier alpha value is -1.80. The summed E-state index contributed by atoms with van der Waals surface area (Å²) in [6.07, 6.45) is 0. The molecule has 2 aromatic rings. The Labute approximate surface area is 123 Å². The van der Waals surface area contributed by atoms with Gasteiger partial charge in [0.1, 0.15) is 0 Å². The minimum atomic E-state index is -0.423. The molecule has 0 radical (unpaired) electrons. The lowest BCUT2D eigenvalue weighted by Gasteiger charge is -1.95. The zero-order valence-corrected chi connectivity index (χ0v) is 12.9. The van der Waals surface area contributed by atoms with Crippen molar-refractivity contribution in [2.45, 2.75) is 20.8 Å². The van der Waals surface area contributed by atoms with Crippen LogP contribution in [0.1, 0.15) is 29.3 Å². The summed E-state index contributed by atoms with van der Waals surface area (Å²) in [5, 5.41) is 5.26. The molecule has 0 saturated heterocycles. The van der Waals surface area contributed by atoms with Crippen LogP contribution in [0.3, 0.4) is 0 Å². The van der Waals surface area contributed by atoms with E-state index in [0.29, 0.717) is 22.4 Å². The lowest BCUT2D eigenvalue weighted by Crippen LogP contribution is -2.04. The second kappa shape index (κ2) is 6.10. The van der Waals surface area contributed by atoms with Crippen LogP contribution in [0.4, 0.5) is 5.13 Å². The third-order valence-corrected chi connectivity index (χ3v) is 4.18. The topological polar surface area (TPSA) is 81.2 Å². The number of hydrogen-bond donors (Lipinski definition) is 1. The molecule has 0 aliphatic rings. The van der Waals surface area contributed by atoms with Crippen molar-refractivity contribution in [3.05, 3.63) is 16.1 Å². The molecule has 20 heavy (non-hydrogen) atoms. The van der Waals surface area contributed by atoms with Crippen molar-refractivity contribution in [2.75, 3.05) is 11.9 Å². The van der Waals surface area contributed by atoms with Gasteiger partial charge >= 0.3 is 5.97 Å². The molecule has 0 aliphatic carbocycles. The third kappa shape index (κ3) is 3.20. The number of nitrogens with one attached hydrogen (secondary N) is 1. The smallest absolute Gasteiger partial charge is 0.367 e. The van der Waals surface area contributed by atoms with Gasteiger partial charge in [-0.05, 0) is 13.8 Å². The standard InChI is InChI=1S/C12H13N3O3S2/c1-4-18-11(17)10-15-8(5-19-10)9-6(2)13-12(20-9)14-7(3)16/h5H,4H2,1-3H3,(H,13,14,16). The van der Waals surface area contributed by atoms with Crippen LogP contribution in [-0.4, -0.2) is 28.5 Å². The summed E-state index contributed by atoms with van der Waals surface area (Å²) < 4.78 is 4.90. The summed E-state index contributed by atoms with van der Waals surface area (Å²) in [5.74, 6) is -0.594. The van der Waals surface area contributed by atoms with Gasteiger partial charge in [-0.2, -0.15) is 0 Å². The molecule has 0 unspecified atom stereocenters. The third-order valence-electron chi connectivity index (χ3n) is 2.27. The molecule has 0 spiro atoms. The fraction of sp³-hybridized carbons (Fsp3) is 0.333. The van der Waals surface area contributed by atoms with Gasteiger partial charge in [-0.15, -0.1) is 11.3 Å². The monoisotopic (exact) mass is 311 g/mol. The van der Waals surface area contributed by atoms with Crippen molar-refractivity contribution in [3.63, 3.8) is 0 Å². The molecule has 0 aliphatic heterocycles. The minimum Gasteiger partial charge on any atom is -0.461 e. The molecule has 106 valence electrons. The number of aromatic nitrogens is 2. The Morgan fingerprint density at radius 3 is 2.80 bits per heavy atom. The molecule has 0 atom stereocenters. The predicted molar refractivity (Wildman–Crippen MR) is 78.2 cm³/mol. The van der Waals surface area contributed by atoms with E-state index in [-0.39, 0.29) is 5.91 Å². The summed E-state index contributed by atoms with van der Waals surface area (Å²) in [6, 6.07) is 0. The summed E-state index contributed by atoms with van der Waals surface area (Å²) in [7, 11) is 0. The summed E-state index contributed by atoms with van der Waals surface area (Å²) in [5.41, 5.74) is 1.43. The van der Waals surface area contributed by atoms with Gasteiger partial charge in [0.2, 0.25) is 10.9 Å². The van der Waals surface area contributed by atoms with Crippen LogP contribution >= 0.6 is 22.7 Å². The highest BCUT2D eigenvalue weighted by Crippen LogP contribution is 2.33. The molecule has 2 rings (SSSR count). The van der Waals surface area contributed by atoms with E-state index < -0.39 is 5.97 Å². The first-order chi connectivity index (χ1) is 9.51. The van der Waals surface area contributed by atoms with Crippen molar-refractivity contribution in [1.82, 2.24) is 9.97 Å². The number of carbonyl (C=O) groups is 2. The van der Waals surface area contributed by atoms with Crippen LogP contribution in [0.5, 0.6) is 0 Å². The molecule has 0 saturated carbocycles. The van der Waals surface area contributed by atoms with Gasteiger partial charge in [0.05, 0.1) is 22.9 Å². The largest absolute Gasteiger partial charge is 0.461 e. The first-order valence-corrected chi connectivity index (χ1v) is 7.59. The lowest BCUT2D eigenvalue weighted by molar-refractivity contribution is -0.114. The van der Waals surface area contributed by atoms with Gasteiger partial charge in [0.15, 0.2) is 5.13 Å². The normalized spacial score (nSPS) is 10.3. The van der Waals surface area contributed by atoms with Crippen LogP contribution < -0.4 is 5.32 Å². The Morgan fingerprint density at radius 1 is 1.40 bits per heavy atom. The molecule has 0 bridgehead atoms. The van der Waals surface area contributed by atoms with Gasteiger partial charge in [-0.3, -0.25) is 4.79 Å². The van der Waals surface area contributed by atoms with Crippen molar-refractivity contribution in [1.29, 1.82) is 0 Å². The molecule has 2 heterocycles. The molecular formula is C12H13N3O3S2. The molecule has 1 N–H and O–H groups in total. The van der Waals surface area contributed by atoms with Gasteiger partial charge in [0.25, 0.3) is 0 Å². The zero-order valence-electron chi connectivity index (χ0n) is 11.2. The molecule has 8 heteroatoms. The number of ether oxygens (including phenoxy) is 1. The first kappa shape index (κ1) is 14.6. The van der Waals surface area contributed by atoms with Crippen molar-refractivity contribution in [3.8, 4) is 10.6 Å². The number of amides is 1. The second-order valence-corrected chi connectivity index (χ2v) is 5.73. The van der Waals surface area contributed by atoms with Crippen LogP contribution in [-0.2, 0) is 9.53 Å². The van der Waals surface area contributed by atoms with E-state index in [1.807, 2.05) is 6.92 Å². The maximum atomic E-state index is 11.6. The highest BCUT2D eigenvalue weighted by Gasteiger charge is 2.17. The van der Waals surface area contributed by atoms with Gasteiger partial charge in [-0.1, -0.05) is 11.3 Å². The average molecular weight is 311 g/mol. The van der Waals surface area contributed by atoms with E-state index in [0.717, 1.165) is 10.6 Å². The highest BCUT2D eigenvalue weighted by atomic mass is 32.1. The van der Waals surface area contributed by atoms with E-state index in [4.69, 9.17) is 4.74 Å². The van der Waals surface area contributed by atoms with Crippen molar-refractivity contribution in [2.24, 2.45) is 0 Å². The lowest BCUT2D eigenvalue weighted by atomic mass is 10.3. The summed E-state index contributed by atoms with van der Waals surface area (Å²) in [6.45, 7) is 5.33. The summed E-state index contributed by atoms with van der Waals surface area (Å²) in [4.78, 5) is 31.9. The van der Waals surface area contributed by atoms with Crippen LogP contribution in [0.15, 0.2) is 5.38 Å². The van der Waals surface area contributed by atoms with Crippen LogP contribution in [0.25, 0.3) is 10.6 Å². The maximum Gasteiger partial charge on any atom is 0.367 e.